The molecule has 31 heavy (non-hydrogen) atoms. The molecule has 0 unspecified atom stereocenters. The van der Waals surface area contributed by atoms with Gasteiger partial charge < -0.3 is 5.11 Å². The number of thiazole rings is 1. The molecule has 0 aliphatic rings. The third-order valence-electron chi connectivity index (χ3n) is 5.90. The Hall–Kier alpha value is -2.66. The van der Waals surface area contributed by atoms with Crippen LogP contribution in [-0.4, -0.2) is 14.5 Å². The van der Waals surface area contributed by atoms with Crippen molar-refractivity contribution >= 4 is 33.4 Å². The average Bonchev–Trinajstić information content (AvgIpc) is 3.11. The Morgan fingerprint density at radius 1 is 0.935 bits per heavy atom. The van der Waals surface area contributed by atoms with Crippen LogP contribution in [0.4, 0.5) is 0 Å². The van der Waals surface area contributed by atoms with Crippen LogP contribution in [0.15, 0.2) is 29.1 Å². The molecule has 4 nitrogen and oxygen atoms in total. The molecule has 4 aromatic rings. The van der Waals surface area contributed by atoms with Gasteiger partial charge in [-0.15, -0.1) is 0 Å². The summed E-state index contributed by atoms with van der Waals surface area (Å²) in [5.41, 5.74) is 6.24. The quantitative estimate of drug-likeness (QED) is 0.438. The molecule has 4 rings (SSSR count). The molecule has 2 aromatic carbocycles. The Morgan fingerprint density at radius 2 is 1.48 bits per heavy atom. The molecule has 0 aliphatic carbocycles. The number of hydrogen-bond acceptors (Lipinski definition) is 4. The van der Waals surface area contributed by atoms with Crippen molar-refractivity contribution < 1.29 is 5.11 Å². The summed E-state index contributed by atoms with van der Waals surface area (Å²) in [5.74, 6) is 0.345. The van der Waals surface area contributed by atoms with Crippen molar-refractivity contribution in [1.82, 2.24) is 9.38 Å². The molecule has 1 N–H and O–H groups in total. The molecular weight excluding hydrogens is 404 g/mol. The van der Waals surface area contributed by atoms with Crippen LogP contribution in [0.2, 0.25) is 0 Å². The summed E-state index contributed by atoms with van der Waals surface area (Å²) in [5, 5.41) is 11.0. The van der Waals surface area contributed by atoms with Crippen molar-refractivity contribution in [3.8, 4) is 5.75 Å². The van der Waals surface area contributed by atoms with E-state index in [1.165, 1.54) is 16.9 Å². The van der Waals surface area contributed by atoms with E-state index in [1.807, 2.05) is 30.3 Å². The van der Waals surface area contributed by atoms with Gasteiger partial charge in [-0.1, -0.05) is 52.9 Å². The fourth-order valence-electron chi connectivity index (χ4n) is 3.95. The van der Waals surface area contributed by atoms with E-state index in [0.29, 0.717) is 15.2 Å². The van der Waals surface area contributed by atoms with E-state index in [0.717, 1.165) is 33.3 Å². The molecule has 0 fully saturated rings. The summed E-state index contributed by atoms with van der Waals surface area (Å²) in [6.07, 6.45) is 1.93. The van der Waals surface area contributed by atoms with Crippen molar-refractivity contribution in [3.63, 3.8) is 0 Å². The molecule has 0 spiro atoms. The lowest BCUT2D eigenvalue weighted by Gasteiger charge is -2.27. The number of imidazole rings is 1. The molecule has 0 bridgehead atoms. The summed E-state index contributed by atoms with van der Waals surface area (Å²) in [7, 11) is 0. The number of nitrogens with zero attached hydrogens (tertiary/aromatic N) is 2. The van der Waals surface area contributed by atoms with Crippen LogP contribution >= 0.6 is 11.3 Å². The van der Waals surface area contributed by atoms with E-state index < -0.39 is 0 Å². The number of aromatic hydroxyl groups is 1. The van der Waals surface area contributed by atoms with Crippen LogP contribution in [0.25, 0.3) is 22.1 Å². The second-order valence-corrected chi connectivity index (χ2v) is 11.5. The van der Waals surface area contributed by atoms with Crippen LogP contribution in [-0.2, 0) is 10.8 Å². The largest absolute Gasteiger partial charge is 0.507 e. The third-order valence-corrected chi connectivity index (χ3v) is 6.87. The number of benzene rings is 2. The van der Waals surface area contributed by atoms with Crippen LogP contribution in [0.1, 0.15) is 69.4 Å². The maximum atomic E-state index is 13.3. The molecule has 162 valence electrons. The normalized spacial score (nSPS) is 13.6. The third kappa shape index (κ3) is 3.65. The highest BCUT2D eigenvalue weighted by atomic mass is 32.1. The van der Waals surface area contributed by atoms with E-state index in [2.05, 4.69) is 60.4 Å². The van der Waals surface area contributed by atoms with E-state index in [1.54, 1.807) is 4.40 Å². The summed E-state index contributed by atoms with van der Waals surface area (Å²) < 4.78 is 2.36. The molecule has 2 heterocycles. The standard InChI is InChI=1S/C26H30N2O2S/c1-14-9-19-20(10-15(14)2)28-23(30)21(31-24(28)27-19)13-16-11-17(25(3,4)5)22(29)18(12-16)26(6,7)8/h9-13,29H,1-8H3. The predicted molar refractivity (Wildman–Crippen MR) is 131 cm³/mol. The number of phenols is 1. The Labute approximate surface area is 186 Å². The minimum atomic E-state index is -0.218. The first-order valence-corrected chi connectivity index (χ1v) is 11.4. The van der Waals surface area contributed by atoms with Crippen LogP contribution in [0.3, 0.4) is 0 Å². The topological polar surface area (TPSA) is 54.6 Å². The van der Waals surface area contributed by atoms with E-state index >= 15 is 0 Å². The van der Waals surface area contributed by atoms with Crippen molar-refractivity contribution in [3.05, 3.63) is 67.0 Å². The highest BCUT2D eigenvalue weighted by Gasteiger charge is 2.26. The first kappa shape index (κ1) is 21.6. The molecule has 5 heteroatoms. The van der Waals surface area contributed by atoms with Gasteiger partial charge in [-0.05, 0) is 71.7 Å². The van der Waals surface area contributed by atoms with Gasteiger partial charge in [0, 0.05) is 11.1 Å². The minimum absolute atomic E-state index is 0.0477. The number of hydrogen-bond donors (Lipinski definition) is 1. The predicted octanol–water partition coefficient (Wildman–Crippen LogP) is 5.37. The molecule has 0 saturated heterocycles. The van der Waals surface area contributed by atoms with Gasteiger partial charge in [-0.25, -0.2) is 9.38 Å². The molecule has 0 amide bonds. The number of phenolic OH excluding ortho intramolecular Hbond substituents is 1. The zero-order valence-electron chi connectivity index (χ0n) is 19.5. The Morgan fingerprint density at radius 3 is 2.03 bits per heavy atom. The van der Waals surface area contributed by atoms with Gasteiger partial charge in [0.05, 0.1) is 15.6 Å². The van der Waals surface area contributed by atoms with Gasteiger partial charge in [0.15, 0.2) is 4.96 Å². The highest BCUT2D eigenvalue weighted by molar-refractivity contribution is 7.15. The van der Waals surface area contributed by atoms with Crippen LogP contribution in [0.5, 0.6) is 5.75 Å². The maximum Gasteiger partial charge on any atom is 0.274 e. The summed E-state index contributed by atoms with van der Waals surface area (Å²) in [4.78, 5) is 18.7. The fraction of sp³-hybridized carbons (Fsp3) is 0.385. The van der Waals surface area contributed by atoms with E-state index in [9.17, 15) is 9.90 Å². The molecular formula is C26H30N2O2S. The summed E-state index contributed by atoms with van der Waals surface area (Å²) in [6, 6.07) is 8.08. The van der Waals surface area contributed by atoms with E-state index in [4.69, 9.17) is 0 Å². The molecule has 0 radical (unpaired) electrons. The SMILES string of the molecule is Cc1cc2nc3sc(=Cc4cc(C(C)(C)C)c(O)c(C(C)(C)C)c4)c(=O)n3c2cc1C. The lowest BCUT2D eigenvalue weighted by molar-refractivity contribution is 0.423. The zero-order valence-corrected chi connectivity index (χ0v) is 20.4. The van der Waals surface area contributed by atoms with Crippen molar-refractivity contribution in [1.29, 1.82) is 0 Å². The number of aryl methyl sites for hydroxylation is 2. The second kappa shape index (κ2) is 6.92. The van der Waals surface area contributed by atoms with Gasteiger partial charge in [-0.3, -0.25) is 4.79 Å². The first-order chi connectivity index (χ1) is 14.3. The van der Waals surface area contributed by atoms with E-state index in [-0.39, 0.29) is 16.4 Å². The van der Waals surface area contributed by atoms with Gasteiger partial charge in [0.1, 0.15) is 5.75 Å². The number of fused-ring (bicyclic) bond motifs is 3. The molecule has 0 aliphatic heterocycles. The van der Waals surface area contributed by atoms with Crippen molar-refractivity contribution in [2.45, 2.75) is 66.2 Å². The van der Waals surface area contributed by atoms with Gasteiger partial charge in [-0.2, -0.15) is 0 Å². The van der Waals surface area contributed by atoms with Crippen LogP contribution < -0.4 is 10.1 Å². The number of rotatable bonds is 1. The Bertz CT molecular complexity index is 1410. The van der Waals surface area contributed by atoms with Gasteiger partial charge in [0.25, 0.3) is 5.56 Å². The van der Waals surface area contributed by atoms with Gasteiger partial charge >= 0.3 is 0 Å². The van der Waals surface area contributed by atoms with Crippen LogP contribution in [0, 0.1) is 13.8 Å². The fourth-order valence-corrected chi connectivity index (χ4v) is 4.94. The Kier molecular flexibility index (Phi) is 4.82. The minimum Gasteiger partial charge on any atom is -0.507 e. The molecule has 0 atom stereocenters. The summed E-state index contributed by atoms with van der Waals surface area (Å²) >= 11 is 1.41. The zero-order chi connectivity index (χ0) is 22.9. The molecule has 0 saturated carbocycles. The molecule has 2 aromatic heterocycles. The van der Waals surface area contributed by atoms with Crippen molar-refractivity contribution in [2.24, 2.45) is 0 Å². The monoisotopic (exact) mass is 434 g/mol. The highest BCUT2D eigenvalue weighted by Crippen LogP contribution is 2.39. The lowest BCUT2D eigenvalue weighted by atomic mass is 9.78. The summed E-state index contributed by atoms with van der Waals surface area (Å²) in [6.45, 7) is 16.7. The smallest absolute Gasteiger partial charge is 0.274 e. The second-order valence-electron chi connectivity index (χ2n) is 10.5. The van der Waals surface area contributed by atoms with Gasteiger partial charge in [0.2, 0.25) is 0 Å². The average molecular weight is 435 g/mol. The first-order valence-electron chi connectivity index (χ1n) is 10.6. The van der Waals surface area contributed by atoms with Crippen molar-refractivity contribution in [2.75, 3.05) is 0 Å². The number of aromatic nitrogens is 2. The lowest BCUT2D eigenvalue weighted by Crippen LogP contribution is -2.23. The Balaban J connectivity index is 1.99. The maximum absolute atomic E-state index is 13.3.